The average molecular weight is 1170 g/mol. The summed E-state index contributed by atoms with van der Waals surface area (Å²) in [6, 6.07) is 11.4. The van der Waals surface area contributed by atoms with Crippen LogP contribution in [0.15, 0.2) is 76.4 Å². The van der Waals surface area contributed by atoms with Crippen LogP contribution in [-0.4, -0.2) is 138 Å². The molecular formula is C55H65N10O15PS. The molecule has 4 aliphatic rings. The number of carbonyl (C=O) groups excluding carboxylic acids is 9. The van der Waals surface area contributed by atoms with Crippen LogP contribution < -0.4 is 32.7 Å². The second-order valence-electron chi connectivity index (χ2n) is 21.9. The van der Waals surface area contributed by atoms with Gasteiger partial charge in [0.25, 0.3) is 11.4 Å². The van der Waals surface area contributed by atoms with Crippen LogP contribution in [0.1, 0.15) is 115 Å². The highest BCUT2D eigenvalue weighted by molar-refractivity contribution is 7.90. The van der Waals surface area contributed by atoms with E-state index in [4.69, 9.17) is 5.73 Å². The van der Waals surface area contributed by atoms with Crippen molar-refractivity contribution in [3.63, 3.8) is 0 Å². The molecule has 2 aromatic heterocycles. The molecule has 9 N–H and O–H groups in total. The summed E-state index contributed by atoms with van der Waals surface area (Å²) in [4.78, 5) is 159. The van der Waals surface area contributed by atoms with Gasteiger partial charge in [0, 0.05) is 74.2 Å². The Hall–Kier alpha value is -7.80. The number of sulfone groups is 1. The molecule has 8 amide bonds. The van der Waals surface area contributed by atoms with Gasteiger partial charge in [-0.15, -0.1) is 0 Å². The van der Waals surface area contributed by atoms with E-state index in [2.05, 4.69) is 26.3 Å². The van der Waals surface area contributed by atoms with Crippen LogP contribution in [0.2, 0.25) is 0 Å². The lowest BCUT2D eigenvalue weighted by atomic mass is 9.79. The number of fused-ring (bicyclic) bond motifs is 3. The van der Waals surface area contributed by atoms with Crippen LogP contribution >= 0.6 is 7.60 Å². The Balaban J connectivity index is 0.891. The van der Waals surface area contributed by atoms with E-state index >= 15 is 4.79 Å². The molecule has 27 heteroatoms. The summed E-state index contributed by atoms with van der Waals surface area (Å²) in [6.07, 6.45) is 5.81. The van der Waals surface area contributed by atoms with Crippen molar-refractivity contribution in [1.29, 1.82) is 0 Å². The number of H-pyrrole nitrogens is 1. The van der Waals surface area contributed by atoms with Gasteiger partial charge in [0.1, 0.15) is 29.9 Å². The predicted molar refractivity (Wildman–Crippen MR) is 295 cm³/mol. The number of hydrogen-bond donors (Lipinski definition) is 8. The molecule has 5 aromatic rings. The first kappa shape index (κ1) is 58.8. The van der Waals surface area contributed by atoms with E-state index in [1.54, 1.807) is 11.9 Å². The SMILES string of the molecule is Cn1c(=O)n(C2CCC(=O)NC2=O)c2ccc(CC[C@H]3CC[C@H](C(=O)N4CC[C@H]5CC[C@@H](C(=O)N[C@@H](CCC(N)=O)C(=O)NCc6ccc(S(C)(=O)=O)cc6)N5C(=O)[C@@H](NC(=O)c5cc6cc(C(=O)P(=O)(O)O)ccc6[nH]5)C4)CC3)cc21. The van der Waals surface area contributed by atoms with Gasteiger partial charge in [0.2, 0.25) is 41.4 Å². The van der Waals surface area contributed by atoms with E-state index in [0.717, 1.165) is 31.1 Å². The van der Waals surface area contributed by atoms with Crippen LogP contribution in [0, 0.1) is 11.8 Å². The van der Waals surface area contributed by atoms with E-state index in [0.29, 0.717) is 47.8 Å². The number of aryl methyl sites for hydroxylation is 2. The number of benzene rings is 3. The number of imidazole rings is 1. The lowest BCUT2D eigenvalue weighted by Gasteiger charge is -2.40. The maximum absolute atomic E-state index is 15.1. The lowest BCUT2D eigenvalue weighted by Crippen LogP contribution is -2.62. The van der Waals surface area contributed by atoms with Gasteiger partial charge in [-0.25, -0.2) is 13.2 Å². The van der Waals surface area contributed by atoms with Crippen LogP contribution in [-0.2, 0) is 68.0 Å². The number of nitrogens with one attached hydrogen (secondary N) is 5. The topological polar surface area (TPSA) is 369 Å². The van der Waals surface area contributed by atoms with Crippen LogP contribution in [0.3, 0.4) is 0 Å². The minimum Gasteiger partial charge on any atom is -0.370 e. The number of nitrogens with zero attached hydrogens (tertiary/aromatic N) is 4. The normalized spacial score (nSPS) is 22.0. The van der Waals surface area contributed by atoms with Crippen molar-refractivity contribution in [2.75, 3.05) is 19.3 Å². The summed E-state index contributed by atoms with van der Waals surface area (Å²) in [5.74, 6) is -4.79. The minimum absolute atomic E-state index is 0.0566. The van der Waals surface area contributed by atoms with Gasteiger partial charge in [-0.1, -0.05) is 18.2 Å². The van der Waals surface area contributed by atoms with Crippen LogP contribution in [0.25, 0.3) is 21.9 Å². The summed E-state index contributed by atoms with van der Waals surface area (Å²) in [6.45, 7) is -0.159. The number of primary amides is 1. The largest absolute Gasteiger partial charge is 0.396 e. The molecule has 0 radical (unpaired) electrons. The summed E-state index contributed by atoms with van der Waals surface area (Å²) in [5.41, 5.74) is 6.43. The van der Waals surface area contributed by atoms with Crippen LogP contribution in [0.5, 0.6) is 0 Å². The van der Waals surface area contributed by atoms with Gasteiger partial charge in [-0.05, 0) is 136 Å². The van der Waals surface area contributed by atoms with Gasteiger partial charge in [-0.3, -0.25) is 62.2 Å². The number of aromatic amines is 1. The molecule has 4 fully saturated rings. The molecule has 82 heavy (non-hydrogen) atoms. The van der Waals surface area contributed by atoms with Crippen molar-refractivity contribution < 1.29 is 65.9 Å². The highest BCUT2D eigenvalue weighted by Crippen LogP contribution is 2.40. The second-order valence-corrected chi connectivity index (χ2v) is 25.4. The van der Waals surface area contributed by atoms with Gasteiger partial charge in [-0.2, -0.15) is 0 Å². The fourth-order valence-electron chi connectivity index (χ4n) is 11.8. The van der Waals surface area contributed by atoms with E-state index < -0.39 is 94.5 Å². The first-order valence-corrected chi connectivity index (χ1v) is 30.7. The number of amides is 8. The molecule has 436 valence electrons. The molecular weight excluding hydrogens is 1100 g/mol. The minimum atomic E-state index is -5.14. The molecule has 3 aromatic carbocycles. The zero-order valence-electron chi connectivity index (χ0n) is 45.1. The lowest BCUT2D eigenvalue weighted by molar-refractivity contribution is -0.147. The quantitative estimate of drug-likeness (QED) is 0.0457. The average Bonchev–Trinajstić information content (AvgIpc) is 4.36. The summed E-state index contributed by atoms with van der Waals surface area (Å²) in [5, 5.41) is 10.8. The number of hydrogen-bond acceptors (Lipinski definition) is 13. The second kappa shape index (κ2) is 24.0. The van der Waals surface area contributed by atoms with Crippen molar-refractivity contribution in [2.45, 2.75) is 125 Å². The Morgan fingerprint density at radius 1 is 0.854 bits per heavy atom. The number of carbonyl (C=O) groups is 9. The fraction of sp³-hybridized carbons (Fsp3) is 0.455. The highest BCUT2D eigenvalue weighted by atomic mass is 32.2. The van der Waals surface area contributed by atoms with Gasteiger partial charge in [0.05, 0.1) is 15.9 Å². The van der Waals surface area contributed by atoms with Crippen molar-refractivity contribution in [3.05, 3.63) is 99.6 Å². The van der Waals surface area contributed by atoms with Gasteiger partial charge >= 0.3 is 13.3 Å². The first-order chi connectivity index (χ1) is 38.8. The van der Waals surface area contributed by atoms with Gasteiger partial charge < -0.3 is 46.3 Å². The summed E-state index contributed by atoms with van der Waals surface area (Å²) < 4.78 is 38.6. The molecule has 3 aliphatic heterocycles. The monoisotopic (exact) mass is 1170 g/mol. The molecule has 0 spiro atoms. The molecule has 9 rings (SSSR count). The van der Waals surface area contributed by atoms with E-state index in [1.165, 1.54) is 62.6 Å². The van der Waals surface area contributed by atoms with Crippen molar-refractivity contribution in [3.8, 4) is 0 Å². The summed E-state index contributed by atoms with van der Waals surface area (Å²) in [7, 11) is -6.97. The predicted octanol–water partition coefficient (Wildman–Crippen LogP) is 1.72. The zero-order valence-corrected chi connectivity index (χ0v) is 46.8. The third kappa shape index (κ3) is 12.9. The molecule has 25 nitrogen and oxygen atoms in total. The van der Waals surface area contributed by atoms with E-state index in [-0.39, 0.29) is 103 Å². The third-order valence-electron chi connectivity index (χ3n) is 16.3. The van der Waals surface area contributed by atoms with E-state index in [1.807, 2.05) is 18.2 Å². The maximum Gasteiger partial charge on any atom is 0.396 e. The molecule has 0 bridgehead atoms. The fourth-order valence-corrected chi connectivity index (χ4v) is 12.9. The number of rotatable bonds is 18. The van der Waals surface area contributed by atoms with Crippen LogP contribution in [0.4, 0.5) is 0 Å². The Kier molecular flexibility index (Phi) is 17.2. The van der Waals surface area contributed by atoms with E-state index in [9.17, 15) is 65.9 Å². The number of aromatic nitrogens is 3. The molecule has 1 saturated carbocycles. The van der Waals surface area contributed by atoms with Gasteiger partial charge in [0.15, 0.2) is 9.84 Å². The highest BCUT2D eigenvalue weighted by Gasteiger charge is 2.47. The first-order valence-electron chi connectivity index (χ1n) is 27.2. The maximum atomic E-state index is 15.1. The molecule has 5 atom stereocenters. The van der Waals surface area contributed by atoms with Crippen molar-refractivity contribution >= 4 is 92.2 Å². The Labute approximate surface area is 470 Å². The zero-order chi connectivity index (χ0) is 58.9. The van der Waals surface area contributed by atoms with Crippen molar-refractivity contribution in [2.24, 2.45) is 24.6 Å². The number of piperidine rings is 1. The molecule has 3 saturated heterocycles. The third-order valence-corrected chi connectivity index (χ3v) is 18.2. The van der Waals surface area contributed by atoms with Crippen molar-refractivity contribution in [1.82, 2.24) is 45.2 Å². The Morgan fingerprint density at radius 2 is 1.57 bits per heavy atom. The Morgan fingerprint density at radius 3 is 2.26 bits per heavy atom. The standard InChI is InChI=1S/C55H65N10O15PS/c1-62-45-25-31(9-18-42(45)65(55(62)75)44-20-22-47(67)61-51(44)71)4-3-30-5-10-33(11-6-30)52(72)63-24-23-36-13-19-43(50(70)59-39(17-21-46(56)66)48(68)57-28-32-7-14-37(15-8-32)82(2,79)80)64(36)53(73)41(29-63)60-49(69)40-27-35-26-34(12-16-38(35)58-40)54(74)81(76,77)78/h7-9,12,14-16,18,25-27,30,33,36,39,41,43-44,58H,3-6,10-11,13,17,19-24,28-29H2,1-2H3,(H2,56,66)(H,57,68)(H,59,70)(H,60,69)(H,61,67,71)(H2,76,77,78)/t30-,33-,36-,39+,41+,43+,44?/m1/s1. The molecule has 5 heterocycles. The Bertz CT molecular complexity index is 3640. The molecule has 1 aliphatic carbocycles. The number of imide groups is 1. The summed E-state index contributed by atoms with van der Waals surface area (Å²) >= 11 is 0. The molecule has 1 unspecified atom stereocenters. The number of nitrogens with two attached hydrogens (primary N) is 1. The smallest absolute Gasteiger partial charge is 0.370 e.